The van der Waals surface area contributed by atoms with Gasteiger partial charge in [-0.25, -0.2) is 4.79 Å². The molecule has 2 aliphatic heterocycles. The van der Waals surface area contributed by atoms with Crippen molar-refractivity contribution < 1.29 is 19.1 Å². The molecule has 2 N–H and O–H groups in total. The normalized spacial score (nSPS) is 21.1. The summed E-state index contributed by atoms with van der Waals surface area (Å²) in [5.41, 5.74) is 8.08. The summed E-state index contributed by atoms with van der Waals surface area (Å²) in [5.74, 6) is -0.775. The SMILES string of the molecule is C=C1CCc2cc(N3C[C@H](C(N)=O)OC3=O)ccc2N(C)C1=O. The van der Waals surface area contributed by atoms with Crippen molar-refractivity contribution in [2.24, 2.45) is 5.73 Å². The lowest BCUT2D eigenvalue weighted by atomic mass is 10.0. The highest BCUT2D eigenvalue weighted by atomic mass is 16.6. The van der Waals surface area contributed by atoms with E-state index >= 15 is 0 Å². The van der Waals surface area contributed by atoms with Crippen molar-refractivity contribution in [1.29, 1.82) is 0 Å². The van der Waals surface area contributed by atoms with E-state index in [2.05, 4.69) is 6.58 Å². The summed E-state index contributed by atoms with van der Waals surface area (Å²) >= 11 is 0. The minimum Gasteiger partial charge on any atom is -0.434 e. The van der Waals surface area contributed by atoms with Gasteiger partial charge in [0.25, 0.3) is 11.8 Å². The number of hydrogen-bond acceptors (Lipinski definition) is 4. The number of nitrogens with zero attached hydrogens (tertiary/aromatic N) is 2. The number of amides is 3. The van der Waals surface area contributed by atoms with Crippen LogP contribution in [0.4, 0.5) is 16.2 Å². The molecular formula is C16H17N3O4. The maximum absolute atomic E-state index is 12.1. The van der Waals surface area contributed by atoms with Crippen LogP contribution in [0.5, 0.6) is 0 Å². The van der Waals surface area contributed by atoms with Gasteiger partial charge in [0.05, 0.1) is 6.54 Å². The van der Waals surface area contributed by atoms with Crippen LogP contribution in [-0.4, -0.2) is 37.6 Å². The third-order valence-electron chi connectivity index (χ3n) is 4.17. The smallest absolute Gasteiger partial charge is 0.415 e. The zero-order valence-corrected chi connectivity index (χ0v) is 12.7. The van der Waals surface area contributed by atoms with Crippen LogP contribution in [0, 0.1) is 0 Å². The van der Waals surface area contributed by atoms with Gasteiger partial charge in [0.2, 0.25) is 0 Å². The standard InChI is InChI=1S/C16H17N3O4/c1-9-3-4-10-7-11(5-6-12(10)18(2)15(9)21)19-8-13(14(17)20)23-16(19)22/h5-7,13H,1,3-4,8H2,2H3,(H2,17,20)/t13-/m1/s1. The van der Waals surface area contributed by atoms with Crippen molar-refractivity contribution in [2.75, 3.05) is 23.4 Å². The number of carbonyl (C=O) groups excluding carboxylic acids is 3. The molecule has 0 spiro atoms. The van der Waals surface area contributed by atoms with Gasteiger partial charge < -0.3 is 15.4 Å². The van der Waals surface area contributed by atoms with Gasteiger partial charge >= 0.3 is 6.09 Å². The first-order chi connectivity index (χ1) is 10.9. The summed E-state index contributed by atoms with van der Waals surface area (Å²) in [6.07, 6.45) is -0.324. The Morgan fingerprint density at radius 2 is 2.09 bits per heavy atom. The quantitative estimate of drug-likeness (QED) is 0.823. The monoisotopic (exact) mass is 315 g/mol. The molecule has 0 bridgehead atoms. The number of hydrogen-bond donors (Lipinski definition) is 1. The number of cyclic esters (lactones) is 1. The molecule has 1 atom stereocenters. The van der Waals surface area contributed by atoms with Crippen LogP contribution >= 0.6 is 0 Å². The van der Waals surface area contributed by atoms with Crippen molar-refractivity contribution >= 4 is 29.3 Å². The highest BCUT2D eigenvalue weighted by molar-refractivity contribution is 6.06. The second-order valence-electron chi connectivity index (χ2n) is 5.67. The van der Waals surface area contributed by atoms with Gasteiger partial charge in [-0.2, -0.15) is 0 Å². The third-order valence-corrected chi connectivity index (χ3v) is 4.17. The van der Waals surface area contributed by atoms with Gasteiger partial charge in [0.15, 0.2) is 6.10 Å². The molecule has 7 nitrogen and oxygen atoms in total. The summed E-state index contributed by atoms with van der Waals surface area (Å²) in [7, 11) is 1.70. The summed E-state index contributed by atoms with van der Waals surface area (Å²) in [5, 5.41) is 0. The fourth-order valence-electron chi connectivity index (χ4n) is 2.83. The summed E-state index contributed by atoms with van der Waals surface area (Å²) in [6, 6.07) is 5.34. The van der Waals surface area contributed by atoms with Gasteiger partial charge in [-0.15, -0.1) is 0 Å². The number of likely N-dealkylation sites (N-methyl/N-ethyl adjacent to an activating group) is 1. The van der Waals surface area contributed by atoms with E-state index in [1.807, 2.05) is 6.07 Å². The number of carbonyl (C=O) groups is 3. The Kier molecular flexibility index (Phi) is 3.55. The highest BCUT2D eigenvalue weighted by Crippen LogP contribution is 2.32. The van der Waals surface area contributed by atoms with Gasteiger partial charge in [-0.05, 0) is 36.6 Å². The van der Waals surface area contributed by atoms with Gasteiger partial charge in [-0.3, -0.25) is 14.5 Å². The van der Waals surface area contributed by atoms with Crippen LogP contribution in [0.15, 0.2) is 30.4 Å². The van der Waals surface area contributed by atoms with Crippen LogP contribution in [0.1, 0.15) is 12.0 Å². The van der Waals surface area contributed by atoms with E-state index in [1.54, 1.807) is 24.1 Å². The van der Waals surface area contributed by atoms with E-state index in [1.165, 1.54) is 4.90 Å². The number of nitrogens with two attached hydrogens (primary N) is 1. The largest absolute Gasteiger partial charge is 0.434 e. The number of rotatable bonds is 2. The maximum atomic E-state index is 12.1. The molecule has 1 aromatic carbocycles. The van der Waals surface area contributed by atoms with Gasteiger partial charge in [0.1, 0.15) is 0 Å². The predicted molar refractivity (Wildman–Crippen MR) is 84.1 cm³/mol. The van der Waals surface area contributed by atoms with E-state index in [-0.39, 0.29) is 12.5 Å². The Balaban J connectivity index is 1.93. The lowest BCUT2D eigenvalue weighted by molar-refractivity contribution is -0.124. The minimum absolute atomic E-state index is 0.0917. The molecule has 23 heavy (non-hydrogen) atoms. The van der Waals surface area contributed by atoms with Crippen molar-refractivity contribution in [3.8, 4) is 0 Å². The second-order valence-corrected chi connectivity index (χ2v) is 5.67. The molecule has 0 saturated carbocycles. The molecule has 1 saturated heterocycles. The molecule has 0 aromatic heterocycles. The fraction of sp³-hybridized carbons (Fsp3) is 0.312. The number of anilines is 2. The first kappa shape index (κ1) is 15.1. The molecule has 1 fully saturated rings. The van der Waals surface area contributed by atoms with Gasteiger partial charge in [0, 0.05) is 24.0 Å². The average molecular weight is 315 g/mol. The maximum Gasteiger partial charge on any atom is 0.415 e. The van der Waals surface area contributed by atoms with Crippen LogP contribution in [-0.2, 0) is 20.7 Å². The topological polar surface area (TPSA) is 92.9 Å². The third kappa shape index (κ3) is 2.54. The first-order valence-corrected chi connectivity index (χ1v) is 7.24. The lowest BCUT2D eigenvalue weighted by Gasteiger charge is -2.20. The van der Waals surface area contributed by atoms with E-state index < -0.39 is 18.1 Å². The average Bonchev–Trinajstić information content (AvgIpc) is 2.88. The second kappa shape index (κ2) is 5.42. The van der Waals surface area contributed by atoms with Crippen molar-refractivity contribution in [3.63, 3.8) is 0 Å². The van der Waals surface area contributed by atoms with Crippen molar-refractivity contribution in [1.82, 2.24) is 0 Å². The Hall–Kier alpha value is -2.83. The highest BCUT2D eigenvalue weighted by Gasteiger charge is 2.36. The number of primary amides is 1. The van der Waals surface area contributed by atoms with Crippen LogP contribution < -0.4 is 15.5 Å². The fourth-order valence-corrected chi connectivity index (χ4v) is 2.83. The molecule has 3 rings (SSSR count). The van der Waals surface area contributed by atoms with E-state index in [9.17, 15) is 14.4 Å². The molecule has 0 unspecified atom stereocenters. The first-order valence-electron chi connectivity index (χ1n) is 7.24. The molecule has 7 heteroatoms. The number of aryl methyl sites for hydroxylation is 1. The number of benzene rings is 1. The molecule has 3 amide bonds. The Morgan fingerprint density at radius 3 is 2.74 bits per heavy atom. The van der Waals surface area contributed by atoms with Crippen molar-refractivity contribution in [3.05, 3.63) is 35.9 Å². The Bertz CT molecular complexity index is 728. The Morgan fingerprint density at radius 1 is 1.35 bits per heavy atom. The number of ether oxygens (including phenoxy) is 1. The Labute approximate surface area is 133 Å². The zero-order valence-electron chi connectivity index (χ0n) is 12.7. The summed E-state index contributed by atoms with van der Waals surface area (Å²) in [6.45, 7) is 3.89. The molecule has 0 radical (unpaired) electrons. The molecule has 2 heterocycles. The zero-order chi connectivity index (χ0) is 16.7. The van der Waals surface area contributed by atoms with Crippen LogP contribution in [0.2, 0.25) is 0 Å². The van der Waals surface area contributed by atoms with E-state index in [0.717, 1.165) is 11.3 Å². The lowest BCUT2D eigenvalue weighted by Crippen LogP contribution is -2.32. The predicted octanol–water partition coefficient (Wildman–Crippen LogP) is 0.962. The molecule has 0 aliphatic carbocycles. The van der Waals surface area contributed by atoms with Crippen molar-refractivity contribution in [2.45, 2.75) is 18.9 Å². The molecular weight excluding hydrogens is 298 g/mol. The number of fused-ring (bicyclic) bond motifs is 1. The minimum atomic E-state index is -0.940. The van der Waals surface area contributed by atoms with E-state index in [4.69, 9.17) is 10.5 Å². The molecule has 2 aliphatic rings. The van der Waals surface area contributed by atoms with Crippen LogP contribution in [0.25, 0.3) is 0 Å². The summed E-state index contributed by atoms with van der Waals surface area (Å²) in [4.78, 5) is 38.1. The van der Waals surface area contributed by atoms with E-state index in [0.29, 0.717) is 24.1 Å². The summed E-state index contributed by atoms with van der Waals surface area (Å²) < 4.78 is 4.95. The van der Waals surface area contributed by atoms with Crippen LogP contribution in [0.3, 0.4) is 0 Å². The molecule has 120 valence electrons. The molecule has 1 aromatic rings. The van der Waals surface area contributed by atoms with Gasteiger partial charge in [-0.1, -0.05) is 6.58 Å².